The van der Waals surface area contributed by atoms with Gasteiger partial charge in [-0.15, -0.1) is 0 Å². The van der Waals surface area contributed by atoms with Crippen LogP contribution in [0.3, 0.4) is 0 Å². The predicted molar refractivity (Wildman–Crippen MR) is 59.1 cm³/mol. The maximum atomic E-state index is 13.1. The minimum Gasteiger partial charge on any atom is -0.395 e. The van der Waals surface area contributed by atoms with Crippen molar-refractivity contribution in [1.82, 2.24) is 4.90 Å². The van der Waals surface area contributed by atoms with E-state index in [0.717, 1.165) is 5.56 Å². The Morgan fingerprint density at radius 2 is 2.19 bits per heavy atom. The van der Waals surface area contributed by atoms with Crippen LogP contribution in [-0.4, -0.2) is 29.7 Å². The van der Waals surface area contributed by atoms with Crippen LogP contribution in [0.15, 0.2) is 18.2 Å². The van der Waals surface area contributed by atoms with E-state index in [0.29, 0.717) is 12.1 Å². The lowest BCUT2D eigenvalue weighted by molar-refractivity contribution is 0.154. The zero-order chi connectivity index (χ0) is 12.1. The summed E-state index contributed by atoms with van der Waals surface area (Å²) in [5.41, 5.74) is 1.06. The van der Waals surface area contributed by atoms with Gasteiger partial charge in [-0.25, -0.2) is 4.39 Å². The summed E-state index contributed by atoms with van der Waals surface area (Å²) < 4.78 is 13.1. The number of hydrogen-bond acceptors (Lipinski definition) is 3. The van der Waals surface area contributed by atoms with E-state index in [2.05, 4.69) is 0 Å². The molecule has 1 rings (SSSR count). The Balaban J connectivity index is 2.81. The van der Waals surface area contributed by atoms with Gasteiger partial charge in [-0.1, -0.05) is 0 Å². The molecule has 1 N–H and O–H groups in total. The Hall–Kier alpha value is -1.44. The summed E-state index contributed by atoms with van der Waals surface area (Å²) in [5, 5.41) is 17.7. The maximum Gasteiger partial charge on any atom is 0.124 e. The summed E-state index contributed by atoms with van der Waals surface area (Å²) >= 11 is 0. The Morgan fingerprint density at radius 1 is 1.50 bits per heavy atom. The van der Waals surface area contributed by atoms with Gasteiger partial charge in [0, 0.05) is 12.6 Å². The molecule has 0 amide bonds. The summed E-state index contributed by atoms with van der Waals surface area (Å²) in [6.07, 6.45) is 0. The second-order valence-corrected chi connectivity index (χ2v) is 3.91. The highest BCUT2D eigenvalue weighted by atomic mass is 19.1. The van der Waals surface area contributed by atoms with Gasteiger partial charge >= 0.3 is 0 Å². The van der Waals surface area contributed by atoms with Crippen LogP contribution in [0, 0.1) is 17.1 Å². The Kier molecular flexibility index (Phi) is 4.41. The number of nitrogens with zero attached hydrogens (tertiary/aromatic N) is 2. The fourth-order valence-corrected chi connectivity index (χ4v) is 1.39. The van der Waals surface area contributed by atoms with Crippen LogP contribution in [0.5, 0.6) is 0 Å². The summed E-state index contributed by atoms with van der Waals surface area (Å²) in [7, 11) is 1.85. The molecule has 16 heavy (non-hydrogen) atoms. The normalized spacial score (nSPS) is 12.5. The largest absolute Gasteiger partial charge is 0.395 e. The monoisotopic (exact) mass is 222 g/mol. The molecule has 4 heteroatoms. The Labute approximate surface area is 94.7 Å². The highest BCUT2D eigenvalue weighted by Crippen LogP contribution is 2.11. The fourth-order valence-electron chi connectivity index (χ4n) is 1.39. The quantitative estimate of drug-likeness (QED) is 0.840. The number of likely N-dealkylation sites (N-methyl/N-ethyl adjacent to an activating group) is 1. The number of halogens is 1. The van der Waals surface area contributed by atoms with Crippen molar-refractivity contribution in [3.8, 4) is 6.07 Å². The van der Waals surface area contributed by atoms with Crippen molar-refractivity contribution >= 4 is 0 Å². The zero-order valence-electron chi connectivity index (χ0n) is 9.44. The molecule has 0 heterocycles. The van der Waals surface area contributed by atoms with Gasteiger partial charge in [0.15, 0.2) is 0 Å². The lowest BCUT2D eigenvalue weighted by atomic mass is 10.1. The molecule has 0 aromatic heterocycles. The number of hydrogen-bond donors (Lipinski definition) is 1. The number of aliphatic hydroxyl groups is 1. The molecule has 0 fully saturated rings. The summed E-state index contributed by atoms with van der Waals surface area (Å²) in [5.74, 6) is -0.404. The van der Waals surface area contributed by atoms with Gasteiger partial charge in [-0.05, 0) is 37.7 Å². The van der Waals surface area contributed by atoms with Crippen molar-refractivity contribution in [2.45, 2.75) is 19.5 Å². The van der Waals surface area contributed by atoms with Crippen molar-refractivity contribution in [2.75, 3.05) is 13.7 Å². The van der Waals surface area contributed by atoms with Crippen LogP contribution >= 0.6 is 0 Å². The van der Waals surface area contributed by atoms with E-state index in [9.17, 15) is 4.39 Å². The topological polar surface area (TPSA) is 47.3 Å². The summed E-state index contributed by atoms with van der Waals surface area (Å²) in [6.45, 7) is 2.44. The lowest BCUT2D eigenvalue weighted by Crippen LogP contribution is -2.31. The highest BCUT2D eigenvalue weighted by molar-refractivity contribution is 5.33. The van der Waals surface area contributed by atoms with Gasteiger partial charge in [-0.2, -0.15) is 5.26 Å². The average Bonchev–Trinajstić information content (AvgIpc) is 2.26. The van der Waals surface area contributed by atoms with Gasteiger partial charge in [0.2, 0.25) is 0 Å². The first-order valence-electron chi connectivity index (χ1n) is 5.07. The summed E-state index contributed by atoms with van der Waals surface area (Å²) in [6, 6.07) is 6.19. The molecule has 1 unspecified atom stereocenters. The zero-order valence-corrected chi connectivity index (χ0v) is 9.44. The Morgan fingerprint density at radius 3 is 2.75 bits per heavy atom. The van der Waals surface area contributed by atoms with E-state index >= 15 is 0 Å². The smallest absolute Gasteiger partial charge is 0.124 e. The third-order valence-electron chi connectivity index (χ3n) is 2.54. The van der Waals surface area contributed by atoms with Gasteiger partial charge < -0.3 is 5.11 Å². The van der Waals surface area contributed by atoms with Crippen LogP contribution in [0.25, 0.3) is 0 Å². The third-order valence-corrected chi connectivity index (χ3v) is 2.54. The molecule has 0 aliphatic rings. The fraction of sp³-hybridized carbons (Fsp3) is 0.417. The standard InChI is InChI=1S/C12H15FN2O/c1-9(8-16)15(2)7-11-3-10(6-14)4-12(13)5-11/h3-5,9,16H,7-8H2,1-2H3. The summed E-state index contributed by atoms with van der Waals surface area (Å²) in [4.78, 5) is 1.90. The molecule has 0 aliphatic heterocycles. The molecule has 0 saturated heterocycles. The molecule has 0 aliphatic carbocycles. The van der Waals surface area contributed by atoms with Crippen LogP contribution in [0.4, 0.5) is 4.39 Å². The van der Waals surface area contributed by atoms with Crippen LogP contribution in [0.1, 0.15) is 18.1 Å². The van der Waals surface area contributed by atoms with E-state index in [1.54, 1.807) is 6.07 Å². The van der Waals surface area contributed by atoms with E-state index in [1.807, 2.05) is 24.9 Å². The molecule has 0 spiro atoms. The Bertz CT molecular complexity index is 400. The SMILES string of the molecule is CC(CO)N(C)Cc1cc(F)cc(C#N)c1. The molecule has 1 aromatic carbocycles. The first-order valence-corrected chi connectivity index (χ1v) is 5.07. The highest BCUT2D eigenvalue weighted by Gasteiger charge is 2.09. The number of benzene rings is 1. The van der Waals surface area contributed by atoms with E-state index < -0.39 is 5.82 Å². The second kappa shape index (κ2) is 5.59. The number of nitriles is 1. The van der Waals surface area contributed by atoms with E-state index in [4.69, 9.17) is 10.4 Å². The van der Waals surface area contributed by atoms with Gasteiger partial charge in [0.1, 0.15) is 5.82 Å². The van der Waals surface area contributed by atoms with Gasteiger partial charge in [0.25, 0.3) is 0 Å². The minimum absolute atomic E-state index is 0.00815. The molecule has 0 radical (unpaired) electrons. The molecular formula is C12H15FN2O. The van der Waals surface area contributed by atoms with E-state index in [1.165, 1.54) is 12.1 Å². The molecule has 0 saturated carbocycles. The van der Waals surface area contributed by atoms with Crippen LogP contribution in [0.2, 0.25) is 0 Å². The second-order valence-electron chi connectivity index (χ2n) is 3.91. The molecule has 1 atom stereocenters. The van der Waals surface area contributed by atoms with Crippen molar-refractivity contribution in [1.29, 1.82) is 5.26 Å². The molecule has 1 aromatic rings. The maximum absolute atomic E-state index is 13.1. The van der Waals surface area contributed by atoms with Crippen molar-refractivity contribution < 1.29 is 9.50 Å². The van der Waals surface area contributed by atoms with Crippen LogP contribution in [-0.2, 0) is 6.54 Å². The van der Waals surface area contributed by atoms with Gasteiger partial charge in [0.05, 0.1) is 18.2 Å². The third kappa shape index (κ3) is 3.30. The lowest BCUT2D eigenvalue weighted by Gasteiger charge is -2.22. The number of aliphatic hydroxyl groups excluding tert-OH is 1. The predicted octanol–water partition coefficient (Wildman–Crippen LogP) is 1.51. The van der Waals surface area contributed by atoms with Crippen molar-refractivity contribution in [3.63, 3.8) is 0 Å². The van der Waals surface area contributed by atoms with Gasteiger partial charge in [-0.3, -0.25) is 4.90 Å². The van der Waals surface area contributed by atoms with Crippen molar-refractivity contribution in [3.05, 3.63) is 35.1 Å². The van der Waals surface area contributed by atoms with E-state index in [-0.39, 0.29) is 12.6 Å². The minimum atomic E-state index is -0.404. The molecule has 86 valence electrons. The van der Waals surface area contributed by atoms with Crippen molar-refractivity contribution in [2.24, 2.45) is 0 Å². The molecule has 3 nitrogen and oxygen atoms in total. The average molecular weight is 222 g/mol. The molecule has 0 bridgehead atoms. The first kappa shape index (κ1) is 12.6. The molecular weight excluding hydrogens is 207 g/mol. The first-order chi connectivity index (χ1) is 7.56. The van der Waals surface area contributed by atoms with Crippen LogP contribution < -0.4 is 0 Å². The number of rotatable bonds is 4.